The summed E-state index contributed by atoms with van der Waals surface area (Å²) >= 11 is 12.2. The van der Waals surface area contributed by atoms with E-state index in [-0.39, 0.29) is 31.0 Å². The maximum absolute atomic E-state index is 13.2. The van der Waals surface area contributed by atoms with E-state index in [4.69, 9.17) is 27.9 Å². The van der Waals surface area contributed by atoms with E-state index in [9.17, 15) is 9.59 Å². The topological polar surface area (TPSA) is 58.6 Å². The number of ether oxygens (including phenoxy) is 1. The van der Waals surface area contributed by atoms with Crippen molar-refractivity contribution in [3.63, 3.8) is 0 Å². The standard InChI is InChI=1S/C24H30Cl2N2O3/c1-6-21(24(30)27-15(2)3)28(13-18-10-11-19(25)20(26)12-18)23(29)14-31-22-9-7-8-16(4)17(22)5/h7-12,15,21H,6,13-14H2,1-5H3,(H,27,30)/t21-/m0/s1. The van der Waals surface area contributed by atoms with Crippen molar-refractivity contribution in [1.29, 1.82) is 0 Å². The van der Waals surface area contributed by atoms with Gasteiger partial charge in [-0.15, -0.1) is 0 Å². The fourth-order valence-electron chi connectivity index (χ4n) is 3.24. The van der Waals surface area contributed by atoms with Crippen LogP contribution in [0.1, 0.15) is 43.9 Å². The van der Waals surface area contributed by atoms with E-state index in [0.29, 0.717) is 22.2 Å². The molecule has 0 aromatic heterocycles. The Morgan fingerprint density at radius 3 is 2.42 bits per heavy atom. The molecular formula is C24H30Cl2N2O3. The summed E-state index contributed by atoms with van der Waals surface area (Å²) in [5.74, 6) is 0.179. The molecule has 5 nitrogen and oxygen atoms in total. The van der Waals surface area contributed by atoms with Gasteiger partial charge in [0.1, 0.15) is 11.8 Å². The van der Waals surface area contributed by atoms with Gasteiger partial charge in [0, 0.05) is 12.6 Å². The lowest BCUT2D eigenvalue weighted by atomic mass is 10.1. The van der Waals surface area contributed by atoms with Crippen LogP contribution < -0.4 is 10.1 Å². The summed E-state index contributed by atoms with van der Waals surface area (Å²) in [5.41, 5.74) is 2.85. The molecule has 0 bridgehead atoms. The van der Waals surface area contributed by atoms with E-state index in [1.165, 1.54) is 0 Å². The normalized spacial score (nSPS) is 11.9. The Morgan fingerprint density at radius 2 is 1.81 bits per heavy atom. The molecule has 0 saturated carbocycles. The maximum Gasteiger partial charge on any atom is 0.261 e. The monoisotopic (exact) mass is 464 g/mol. The molecule has 31 heavy (non-hydrogen) atoms. The number of carbonyl (C=O) groups excluding carboxylic acids is 2. The highest BCUT2D eigenvalue weighted by atomic mass is 35.5. The van der Waals surface area contributed by atoms with Crippen LogP contribution >= 0.6 is 23.2 Å². The molecule has 0 saturated heterocycles. The summed E-state index contributed by atoms with van der Waals surface area (Å²) in [5, 5.41) is 3.74. The average Bonchev–Trinajstić information content (AvgIpc) is 2.70. The zero-order valence-electron chi connectivity index (χ0n) is 18.7. The minimum absolute atomic E-state index is 0.0327. The first-order valence-corrected chi connectivity index (χ1v) is 11.1. The average molecular weight is 465 g/mol. The molecule has 0 aliphatic rings. The molecule has 0 radical (unpaired) electrons. The lowest BCUT2D eigenvalue weighted by molar-refractivity contribution is -0.143. The van der Waals surface area contributed by atoms with Crippen LogP contribution in [0.25, 0.3) is 0 Å². The van der Waals surface area contributed by atoms with Gasteiger partial charge in [-0.2, -0.15) is 0 Å². The summed E-state index contributed by atoms with van der Waals surface area (Å²) in [6, 6.07) is 10.2. The summed E-state index contributed by atoms with van der Waals surface area (Å²) in [4.78, 5) is 27.6. The minimum Gasteiger partial charge on any atom is -0.483 e. The summed E-state index contributed by atoms with van der Waals surface area (Å²) in [7, 11) is 0. The van der Waals surface area contributed by atoms with Crippen LogP contribution in [-0.2, 0) is 16.1 Å². The highest BCUT2D eigenvalue weighted by molar-refractivity contribution is 6.42. The molecule has 0 spiro atoms. The predicted molar refractivity (Wildman–Crippen MR) is 126 cm³/mol. The van der Waals surface area contributed by atoms with Gasteiger partial charge in [0.15, 0.2) is 6.61 Å². The predicted octanol–water partition coefficient (Wildman–Crippen LogP) is 5.32. The number of carbonyl (C=O) groups is 2. The molecule has 0 aliphatic carbocycles. The van der Waals surface area contributed by atoms with Crippen LogP contribution in [0.4, 0.5) is 0 Å². The number of nitrogens with one attached hydrogen (secondary N) is 1. The Labute approximate surface area is 194 Å². The van der Waals surface area contributed by atoms with E-state index in [1.54, 1.807) is 23.1 Å². The Hall–Kier alpha value is -2.24. The van der Waals surface area contributed by atoms with Crippen LogP contribution in [0, 0.1) is 13.8 Å². The van der Waals surface area contributed by atoms with Crippen LogP contribution in [0.15, 0.2) is 36.4 Å². The summed E-state index contributed by atoms with van der Waals surface area (Å²) < 4.78 is 5.83. The van der Waals surface area contributed by atoms with Crippen LogP contribution in [-0.4, -0.2) is 35.4 Å². The van der Waals surface area contributed by atoms with Gasteiger partial charge in [0.2, 0.25) is 5.91 Å². The molecule has 7 heteroatoms. The van der Waals surface area contributed by atoms with Gasteiger partial charge in [0.05, 0.1) is 10.0 Å². The Balaban J connectivity index is 2.27. The van der Waals surface area contributed by atoms with Crippen molar-refractivity contribution in [2.75, 3.05) is 6.61 Å². The Kier molecular flexibility index (Phi) is 9.20. The fourth-order valence-corrected chi connectivity index (χ4v) is 3.56. The van der Waals surface area contributed by atoms with Gasteiger partial charge in [-0.05, 0) is 69.0 Å². The third kappa shape index (κ3) is 6.88. The zero-order valence-corrected chi connectivity index (χ0v) is 20.2. The number of benzene rings is 2. The SMILES string of the molecule is CC[C@@H](C(=O)NC(C)C)N(Cc1ccc(Cl)c(Cl)c1)C(=O)COc1cccc(C)c1C. The molecule has 0 fully saturated rings. The van der Waals surface area contributed by atoms with Crippen LogP contribution in [0.5, 0.6) is 5.75 Å². The number of hydrogen-bond donors (Lipinski definition) is 1. The van der Waals surface area contributed by atoms with E-state index in [0.717, 1.165) is 16.7 Å². The summed E-state index contributed by atoms with van der Waals surface area (Å²) in [6.07, 6.45) is 0.467. The smallest absolute Gasteiger partial charge is 0.261 e. The number of halogens is 2. The maximum atomic E-state index is 13.2. The van der Waals surface area contributed by atoms with Crippen molar-refractivity contribution >= 4 is 35.0 Å². The van der Waals surface area contributed by atoms with Crippen molar-refractivity contribution in [2.45, 2.75) is 59.7 Å². The Morgan fingerprint density at radius 1 is 1.10 bits per heavy atom. The molecule has 0 unspecified atom stereocenters. The highest BCUT2D eigenvalue weighted by Gasteiger charge is 2.29. The van der Waals surface area contributed by atoms with Gasteiger partial charge in [-0.1, -0.05) is 48.3 Å². The van der Waals surface area contributed by atoms with Gasteiger partial charge in [-0.3, -0.25) is 9.59 Å². The first-order chi connectivity index (χ1) is 14.6. The van der Waals surface area contributed by atoms with Crippen LogP contribution in [0.2, 0.25) is 10.0 Å². The molecule has 1 atom stereocenters. The van der Waals surface area contributed by atoms with Gasteiger partial charge in [-0.25, -0.2) is 0 Å². The quantitative estimate of drug-likeness (QED) is 0.545. The van der Waals surface area contributed by atoms with Gasteiger partial charge < -0.3 is 15.0 Å². The molecule has 1 N–H and O–H groups in total. The molecular weight excluding hydrogens is 435 g/mol. The van der Waals surface area contributed by atoms with Crippen molar-refractivity contribution in [2.24, 2.45) is 0 Å². The van der Waals surface area contributed by atoms with E-state index >= 15 is 0 Å². The highest BCUT2D eigenvalue weighted by Crippen LogP contribution is 2.25. The number of amides is 2. The van der Waals surface area contributed by atoms with Crippen molar-refractivity contribution < 1.29 is 14.3 Å². The molecule has 168 valence electrons. The van der Waals surface area contributed by atoms with Crippen molar-refractivity contribution in [3.05, 3.63) is 63.1 Å². The number of hydrogen-bond acceptors (Lipinski definition) is 3. The summed E-state index contributed by atoms with van der Waals surface area (Å²) in [6.45, 7) is 9.65. The third-order valence-electron chi connectivity index (χ3n) is 5.06. The first kappa shape index (κ1) is 25.0. The third-order valence-corrected chi connectivity index (χ3v) is 5.80. The molecule has 2 rings (SSSR count). The largest absolute Gasteiger partial charge is 0.483 e. The lowest BCUT2D eigenvalue weighted by Gasteiger charge is -2.31. The number of rotatable bonds is 9. The molecule has 2 aromatic carbocycles. The second kappa shape index (κ2) is 11.4. The second-order valence-corrected chi connectivity index (χ2v) is 8.66. The molecule has 0 aliphatic heterocycles. The second-order valence-electron chi connectivity index (χ2n) is 7.84. The van der Waals surface area contributed by atoms with Gasteiger partial charge >= 0.3 is 0 Å². The zero-order chi connectivity index (χ0) is 23.1. The lowest BCUT2D eigenvalue weighted by Crippen LogP contribution is -2.51. The van der Waals surface area contributed by atoms with Gasteiger partial charge in [0.25, 0.3) is 5.91 Å². The molecule has 2 aromatic rings. The first-order valence-electron chi connectivity index (χ1n) is 10.4. The molecule has 2 amide bonds. The van der Waals surface area contributed by atoms with E-state index in [1.807, 2.05) is 52.8 Å². The molecule has 0 heterocycles. The van der Waals surface area contributed by atoms with Crippen LogP contribution in [0.3, 0.4) is 0 Å². The Bertz CT molecular complexity index is 931. The number of aryl methyl sites for hydroxylation is 1. The number of nitrogens with zero attached hydrogens (tertiary/aromatic N) is 1. The van der Waals surface area contributed by atoms with Crippen molar-refractivity contribution in [3.8, 4) is 5.75 Å². The fraction of sp³-hybridized carbons (Fsp3) is 0.417. The van der Waals surface area contributed by atoms with Crippen molar-refractivity contribution in [1.82, 2.24) is 10.2 Å². The van der Waals surface area contributed by atoms with E-state index < -0.39 is 6.04 Å². The minimum atomic E-state index is -0.633. The van der Waals surface area contributed by atoms with E-state index in [2.05, 4.69) is 5.32 Å².